The number of methoxy groups -OCH3 is 1. The minimum absolute atomic E-state index is 0.235. The zero-order valence-corrected chi connectivity index (χ0v) is 17.1. The van der Waals surface area contributed by atoms with E-state index >= 15 is 0 Å². The van der Waals surface area contributed by atoms with Gasteiger partial charge in [0.05, 0.1) is 13.7 Å². The van der Waals surface area contributed by atoms with Gasteiger partial charge in [-0.1, -0.05) is 36.4 Å². The van der Waals surface area contributed by atoms with Gasteiger partial charge < -0.3 is 19.1 Å². The van der Waals surface area contributed by atoms with Gasteiger partial charge in [0, 0.05) is 19.2 Å². The van der Waals surface area contributed by atoms with Crippen LogP contribution in [0.4, 0.5) is 0 Å². The van der Waals surface area contributed by atoms with Crippen molar-refractivity contribution in [2.24, 2.45) is 0 Å². The number of nitrogens with zero attached hydrogens (tertiary/aromatic N) is 1. The van der Waals surface area contributed by atoms with Crippen LogP contribution in [0.15, 0.2) is 54.6 Å². The molecule has 0 fully saturated rings. The molecule has 0 N–H and O–H groups in total. The molecule has 0 spiro atoms. The summed E-state index contributed by atoms with van der Waals surface area (Å²) in [7, 11) is 1.56. The molecule has 2 rings (SSSR count). The summed E-state index contributed by atoms with van der Waals surface area (Å²) >= 11 is 0. The maximum absolute atomic E-state index is 12.3. The Morgan fingerprint density at radius 2 is 1.79 bits per heavy atom. The Bertz CT molecular complexity index is 832. The second-order valence-corrected chi connectivity index (χ2v) is 6.18. The fraction of sp³-hybridized carbons (Fsp3) is 0.304. The van der Waals surface area contributed by atoms with Gasteiger partial charge in [0.1, 0.15) is 0 Å². The van der Waals surface area contributed by atoms with E-state index < -0.39 is 5.97 Å². The van der Waals surface area contributed by atoms with E-state index in [0.29, 0.717) is 31.2 Å². The van der Waals surface area contributed by atoms with Crippen LogP contribution in [0.2, 0.25) is 0 Å². The third-order valence-corrected chi connectivity index (χ3v) is 4.19. The molecule has 0 radical (unpaired) electrons. The molecule has 0 aliphatic carbocycles. The second-order valence-electron chi connectivity index (χ2n) is 6.18. The van der Waals surface area contributed by atoms with E-state index in [1.165, 1.54) is 6.08 Å². The highest BCUT2D eigenvalue weighted by Gasteiger charge is 2.14. The van der Waals surface area contributed by atoms with E-state index in [1.54, 1.807) is 36.3 Å². The molecule has 0 aromatic heterocycles. The Balaban J connectivity index is 1.89. The van der Waals surface area contributed by atoms with Crippen molar-refractivity contribution in [1.29, 1.82) is 0 Å². The van der Waals surface area contributed by atoms with E-state index in [2.05, 4.69) is 0 Å². The molecule has 154 valence electrons. The summed E-state index contributed by atoms with van der Waals surface area (Å²) in [5.41, 5.74) is 1.78. The number of carbonyl (C=O) groups excluding carboxylic acids is 2. The van der Waals surface area contributed by atoms with E-state index in [9.17, 15) is 9.59 Å². The summed E-state index contributed by atoms with van der Waals surface area (Å²) in [6.07, 6.45) is 2.89. The van der Waals surface area contributed by atoms with Crippen molar-refractivity contribution in [1.82, 2.24) is 4.90 Å². The van der Waals surface area contributed by atoms with Crippen LogP contribution in [0.5, 0.6) is 11.5 Å². The molecule has 0 saturated carbocycles. The summed E-state index contributed by atoms with van der Waals surface area (Å²) in [4.78, 5) is 26.0. The lowest BCUT2D eigenvalue weighted by Crippen LogP contribution is -2.33. The number of hydrogen-bond donors (Lipinski definition) is 0. The average molecular weight is 397 g/mol. The van der Waals surface area contributed by atoms with Gasteiger partial charge >= 0.3 is 5.97 Å². The normalized spacial score (nSPS) is 10.6. The van der Waals surface area contributed by atoms with Gasteiger partial charge in [0.2, 0.25) is 0 Å². The lowest BCUT2D eigenvalue weighted by atomic mass is 10.2. The average Bonchev–Trinajstić information content (AvgIpc) is 2.75. The quantitative estimate of drug-likeness (QED) is 0.452. The van der Waals surface area contributed by atoms with Crippen molar-refractivity contribution in [3.8, 4) is 11.5 Å². The summed E-state index contributed by atoms with van der Waals surface area (Å²) in [6, 6.07) is 15.0. The Morgan fingerprint density at radius 1 is 1.03 bits per heavy atom. The van der Waals surface area contributed by atoms with Crippen LogP contribution in [-0.2, 0) is 20.9 Å². The molecule has 0 aliphatic heterocycles. The van der Waals surface area contributed by atoms with Crippen molar-refractivity contribution in [2.75, 3.05) is 26.9 Å². The molecule has 2 aromatic carbocycles. The monoisotopic (exact) mass is 397 g/mol. The highest BCUT2D eigenvalue weighted by molar-refractivity contribution is 5.89. The van der Waals surface area contributed by atoms with Gasteiger partial charge in [-0.15, -0.1) is 0 Å². The number of ether oxygens (including phenoxy) is 3. The summed E-state index contributed by atoms with van der Waals surface area (Å²) < 4.78 is 15.8. The molecule has 0 atom stereocenters. The molecule has 6 heteroatoms. The van der Waals surface area contributed by atoms with Crippen molar-refractivity contribution >= 4 is 18.0 Å². The summed E-state index contributed by atoms with van der Waals surface area (Å²) in [6.45, 7) is 5.04. The highest BCUT2D eigenvalue weighted by atomic mass is 16.5. The maximum Gasteiger partial charge on any atom is 0.331 e. The number of amides is 1. The molecular weight excluding hydrogens is 370 g/mol. The largest absolute Gasteiger partial charge is 0.493 e. The second kappa shape index (κ2) is 11.5. The molecule has 0 bridgehead atoms. The summed E-state index contributed by atoms with van der Waals surface area (Å²) in [5.74, 6) is 0.401. The Labute approximate surface area is 171 Å². The third kappa shape index (κ3) is 6.99. The molecule has 2 aromatic rings. The van der Waals surface area contributed by atoms with Gasteiger partial charge in [-0.3, -0.25) is 4.79 Å². The van der Waals surface area contributed by atoms with Crippen molar-refractivity contribution < 1.29 is 23.8 Å². The van der Waals surface area contributed by atoms with Gasteiger partial charge in [-0.2, -0.15) is 0 Å². The lowest BCUT2D eigenvalue weighted by molar-refractivity contribution is -0.148. The molecule has 29 heavy (non-hydrogen) atoms. The molecule has 0 saturated heterocycles. The first-order chi connectivity index (χ1) is 14.1. The smallest absolute Gasteiger partial charge is 0.331 e. The zero-order valence-electron chi connectivity index (χ0n) is 17.1. The molecule has 0 heterocycles. The van der Waals surface area contributed by atoms with Crippen molar-refractivity contribution in [3.05, 3.63) is 65.7 Å². The van der Waals surface area contributed by atoms with Gasteiger partial charge in [-0.25, -0.2) is 4.79 Å². The summed E-state index contributed by atoms with van der Waals surface area (Å²) in [5, 5.41) is 0. The molecule has 1 amide bonds. The number of esters is 1. The Kier molecular flexibility index (Phi) is 8.76. The number of carbonyl (C=O) groups is 2. The van der Waals surface area contributed by atoms with E-state index in [-0.39, 0.29) is 12.5 Å². The van der Waals surface area contributed by atoms with Gasteiger partial charge in [0.15, 0.2) is 18.1 Å². The number of hydrogen-bond acceptors (Lipinski definition) is 5. The SMILES string of the molecule is CCOc1ccc(/C=C/C(=O)OCC(=O)N(CC)Cc2ccccc2)cc1OC. The molecule has 0 aliphatic rings. The zero-order chi connectivity index (χ0) is 21.1. The van der Waals surface area contributed by atoms with Crippen LogP contribution >= 0.6 is 0 Å². The fourth-order valence-electron chi connectivity index (χ4n) is 2.68. The first-order valence-corrected chi connectivity index (χ1v) is 9.54. The van der Waals surface area contributed by atoms with Crippen LogP contribution < -0.4 is 9.47 Å². The molecule has 0 unspecified atom stereocenters. The Hall–Kier alpha value is -3.28. The fourth-order valence-corrected chi connectivity index (χ4v) is 2.68. The van der Waals surface area contributed by atoms with E-state index in [1.807, 2.05) is 44.2 Å². The lowest BCUT2D eigenvalue weighted by Gasteiger charge is -2.20. The topological polar surface area (TPSA) is 65.1 Å². The van der Waals surface area contributed by atoms with Crippen LogP contribution in [0.3, 0.4) is 0 Å². The van der Waals surface area contributed by atoms with Crippen LogP contribution in [0.25, 0.3) is 6.08 Å². The minimum Gasteiger partial charge on any atom is -0.493 e. The molecule has 6 nitrogen and oxygen atoms in total. The standard InChI is InChI=1S/C23H27NO5/c1-4-24(16-19-9-7-6-8-10-19)22(25)17-29-23(26)14-12-18-11-13-20(28-5-2)21(15-18)27-3/h6-15H,4-5,16-17H2,1-3H3/b14-12+. The first-order valence-electron chi connectivity index (χ1n) is 9.54. The number of likely N-dealkylation sites (N-methyl/N-ethyl adjacent to an activating group) is 1. The number of benzene rings is 2. The van der Waals surface area contributed by atoms with Gasteiger partial charge in [0.25, 0.3) is 5.91 Å². The number of rotatable bonds is 10. The minimum atomic E-state index is -0.582. The predicted octanol–water partition coefficient (Wildman–Crippen LogP) is 3.70. The maximum atomic E-state index is 12.3. The molecular formula is C23H27NO5. The van der Waals surface area contributed by atoms with Crippen LogP contribution in [0.1, 0.15) is 25.0 Å². The van der Waals surface area contributed by atoms with Gasteiger partial charge in [-0.05, 0) is 43.2 Å². The predicted molar refractivity (Wildman–Crippen MR) is 112 cm³/mol. The van der Waals surface area contributed by atoms with Crippen molar-refractivity contribution in [3.63, 3.8) is 0 Å². The van der Waals surface area contributed by atoms with Crippen molar-refractivity contribution in [2.45, 2.75) is 20.4 Å². The third-order valence-electron chi connectivity index (χ3n) is 4.19. The van der Waals surface area contributed by atoms with Crippen LogP contribution in [-0.4, -0.2) is 43.6 Å². The van der Waals surface area contributed by atoms with E-state index in [4.69, 9.17) is 14.2 Å². The Morgan fingerprint density at radius 3 is 2.45 bits per heavy atom. The van der Waals surface area contributed by atoms with Crippen LogP contribution in [0, 0.1) is 0 Å². The van der Waals surface area contributed by atoms with E-state index in [0.717, 1.165) is 11.1 Å². The highest BCUT2D eigenvalue weighted by Crippen LogP contribution is 2.28. The first kappa shape index (κ1) is 22.0.